The van der Waals surface area contributed by atoms with E-state index in [9.17, 15) is 13.2 Å². The van der Waals surface area contributed by atoms with E-state index in [0.29, 0.717) is 6.42 Å². The molecule has 3 N–H and O–H groups in total. The van der Waals surface area contributed by atoms with Crippen LogP contribution in [0.4, 0.5) is 13.2 Å². The van der Waals surface area contributed by atoms with Crippen molar-refractivity contribution in [1.29, 1.82) is 0 Å². The number of alkyl halides is 3. The zero-order valence-corrected chi connectivity index (χ0v) is 8.05. The highest BCUT2D eigenvalue weighted by Gasteiger charge is 2.28. The van der Waals surface area contributed by atoms with E-state index in [1.807, 2.05) is 0 Å². The highest BCUT2D eigenvalue weighted by atomic mass is 19.4. The van der Waals surface area contributed by atoms with E-state index in [1.165, 1.54) is 12.5 Å². The van der Waals surface area contributed by atoms with Crippen LogP contribution in [0, 0.1) is 0 Å². The average molecular weight is 222 g/mol. The number of halogens is 3. The minimum Gasteiger partial charge on any atom is -0.472 e. The van der Waals surface area contributed by atoms with E-state index in [2.05, 4.69) is 5.43 Å². The van der Waals surface area contributed by atoms with E-state index in [-0.39, 0.29) is 12.5 Å². The van der Waals surface area contributed by atoms with Gasteiger partial charge in [-0.05, 0) is 24.5 Å². The van der Waals surface area contributed by atoms with Crippen molar-refractivity contribution in [3.05, 3.63) is 24.2 Å². The van der Waals surface area contributed by atoms with Crippen LogP contribution in [0.3, 0.4) is 0 Å². The summed E-state index contributed by atoms with van der Waals surface area (Å²) in [7, 11) is 0. The largest absolute Gasteiger partial charge is 0.472 e. The second-order valence-corrected chi connectivity index (χ2v) is 3.35. The minimum absolute atomic E-state index is 0.0365. The van der Waals surface area contributed by atoms with Crippen molar-refractivity contribution in [1.82, 2.24) is 5.43 Å². The Hall–Kier alpha value is -1.01. The molecule has 0 aliphatic carbocycles. The molecule has 86 valence electrons. The first kappa shape index (κ1) is 12.1. The number of hydrazine groups is 1. The van der Waals surface area contributed by atoms with Crippen molar-refractivity contribution in [2.45, 2.75) is 31.5 Å². The van der Waals surface area contributed by atoms with Crippen molar-refractivity contribution in [3.63, 3.8) is 0 Å². The second-order valence-electron chi connectivity index (χ2n) is 3.35. The van der Waals surface area contributed by atoms with E-state index in [1.54, 1.807) is 6.07 Å². The molecular formula is C9H13F3N2O. The number of nitrogens with one attached hydrogen (secondary N) is 1. The number of hydrogen-bond donors (Lipinski definition) is 2. The molecule has 15 heavy (non-hydrogen) atoms. The van der Waals surface area contributed by atoms with Crippen molar-refractivity contribution >= 4 is 0 Å². The summed E-state index contributed by atoms with van der Waals surface area (Å²) in [5.41, 5.74) is 3.20. The third-order valence-electron chi connectivity index (χ3n) is 2.07. The minimum atomic E-state index is -4.13. The van der Waals surface area contributed by atoms with Crippen LogP contribution in [0.1, 0.15) is 18.4 Å². The lowest BCUT2D eigenvalue weighted by Crippen LogP contribution is -2.37. The Morgan fingerprint density at radius 2 is 2.20 bits per heavy atom. The molecule has 1 heterocycles. The molecule has 0 saturated carbocycles. The molecule has 1 rings (SSSR count). The molecule has 6 heteroatoms. The Labute approximate surface area is 85.4 Å². The molecule has 0 aliphatic rings. The Morgan fingerprint density at radius 3 is 2.67 bits per heavy atom. The predicted molar refractivity (Wildman–Crippen MR) is 48.8 cm³/mol. The van der Waals surface area contributed by atoms with Crippen LogP contribution in [-0.4, -0.2) is 12.2 Å². The zero-order valence-electron chi connectivity index (χ0n) is 8.05. The first-order valence-corrected chi connectivity index (χ1v) is 4.55. The van der Waals surface area contributed by atoms with Crippen molar-refractivity contribution in [3.8, 4) is 0 Å². The molecule has 0 amide bonds. The summed E-state index contributed by atoms with van der Waals surface area (Å²) in [5, 5.41) is 0. The highest BCUT2D eigenvalue weighted by Crippen LogP contribution is 2.23. The number of furan rings is 1. The summed E-state index contributed by atoms with van der Waals surface area (Å²) in [4.78, 5) is 0. The summed E-state index contributed by atoms with van der Waals surface area (Å²) >= 11 is 0. The topological polar surface area (TPSA) is 51.2 Å². The van der Waals surface area contributed by atoms with Crippen LogP contribution in [-0.2, 0) is 6.42 Å². The summed E-state index contributed by atoms with van der Waals surface area (Å²) in [6.45, 7) is 0. The van der Waals surface area contributed by atoms with E-state index in [4.69, 9.17) is 10.3 Å². The van der Waals surface area contributed by atoms with Gasteiger partial charge >= 0.3 is 6.18 Å². The molecule has 0 fully saturated rings. The third-order valence-corrected chi connectivity index (χ3v) is 2.07. The maximum atomic E-state index is 11.9. The Kier molecular flexibility index (Phi) is 4.16. The molecular weight excluding hydrogens is 209 g/mol. The van der Waals surface area contributed by atoms with Gasteiger partial charge in [0, 0.05) is 12.5 Å². The summed E-state index contributed by atoms with van der Waals surface area (Å²) < 4.78 is 40.6. The van der Waals surface area contributed by atoms with Crippen molar-refractivity contribution in [2.75, 3.05) is 0 Å². The van der Waals surface area contributed by atoms with Crippen LogP contribution < -0.4 is 11.3 Å². The third kappa shape index (κ3) is 4.85. The van der Waals surface area contributed by atoms with Gasteiger partial charge in [0.1, 0.15) is 0 Å². The SMILES string of the molecule is NNC(CCC(F)(F)F)Cc1ccoc1. The lowest BCUT2D eigenvalue weighted by Gasteiger charge is -2.15. The molecule has 1 atom stereocenters. The normalized spacial score (nSPS) is 14.1. The van der Waals surface area contributed by atoms with Crippen LogP contribution in [0.2, 0.25) is 0 Å². The van der Waals surface area contributed by atoms with Gasteiger partial charge in [-0.25, -0.2) is 0 Å². The van der Waals surface area contributed by atoms with Crippen LogP contribution in [0.25, 0.3) is 0 Å². The molecule has 1 unspecified atom stereocenters. The lowest BCUT2D eigenvalue weighted by molar-refractivity contribution is -0.136. The average Bonchev–Trinajstić information content (AvgIpc) is 2.63. The molecule has 0 aromatic carbocycles. The van der Waals surface area contributed by atoms with Gasteiger partial charge < -0.3 is 4.42 Å². The maximum absolute atomic E-state index is 11.9. The molecule has 1 aromatic heterocycles. The maximum Gasteiger partial charge on any atom is 0.389 e. The first-order chi connectivity index (χ1) is 7.01. The Bertz CT molecular complexity index is 271. The molecule has 0 bridgehead atoms. The van der Waals surface area contributed by atoms with Gasteiger partial charge in [0.15, 0.2) is 0 Å². The number of rotatable bonds is 5. The fraction of sp³-hybridized carbons (Fsp3) is 0.556. The fourth-order valence-corrected chi connectivity index (χ4v) is 1.28. The van der Waals surface area contributed by atoms with Gasteiger partial charge in [-0.2, -0.15) is 13.2 Å². The van der Waals surface area contributed by atoms with Gasteiger partial charge in [0.2, 0.25) is 0 Å². The molecule has 3 nitrogen and oxygen atoms in total. The smallest absolute Gasteiger partial charge is 0.389 e. The quantitative estimate of drug-likeness (QED) is 0.591. The highest BCUT2D eigenvalue weighted by molar-refractivity contribution is 5.07. The van der Waals surface area contributed by atoms with Crippen LogP contribution >= 0.6 is 0 Å². The zero-order chi connectivity index (χ0) is 11.3. The molecule has 0 saturated heterocycles. The van der Waals surface area contributed by atoms with Gasteiger partial charge in [0.25, 0.3) is 0 Å². The summed E-state index contributed by atoms with van der Waals surface area (Å²) in [6.07, 6.45) is -1.59. The van der Waals surface area contributed by atoms with Gasteiger partial charge in [-0.3, -0.25) is 11.3 Å². The van der Waals surface area contributed by atoms with Gasteiger partial charge in [0.05, 0.1) is 12.5 Å². The fourth-order valence-electron chi connectivity index (χ4n) is 1.28. The Morgan fingerprint density at radius 1 is 1.47 bits per heavy atom. The molecule has 1 aromatic rings. The monoisotopic (exact) mass is 222 g/mol. The molecule has 0 spiro atoms. The summed E-state index contributed by atoms with van der Waals surface area (Å²) in [5.74, 6) is 5.17. The van der Waals surface area contributed by atoms with E-state index in [0.717, 1.165) is 5.56 Å². The molecule has 0 radical (unpaired) electrons. The van der Waals surface area contributed by atoms with Crippen LogP contribution in [0.5, 0.6) is 0 Å². The Balaban J connectivity index is 2.36. The number of nitrogens with two attached hydrogens (primary N) is 1. The van der Waals surface area contributed by atoms with Crippen molar-refractivity contribution in [2.24, 2.45) is 5.84 Å². The van der Waals surface area contributed by atoms with Gasteiger partial charge in [-0.15, -0.1) is 0 Å². The van der Waals surface area contributed by atoms with Crippen LogP contribution in [0.15, 0.2) is 23.0 Å². The first-order valence-electron chi connectivity index (χ1n) is 4.55. The predicted octanol–water partition coefficient (Wildman–Crippen LogP) is 2.00. The number of hydrogen-bond acceptors (Lipinski definition) is 3. The standard InChI is InChI=1S/C9H13F3N2O/c10-9(11,12)3-1-8(14-13)5-7-2-4-15-6-7/h2,4,6,8,14H,1,3,5,13H2. The second kappa shape index (κ2) is 5.18. The van der Waals surface area contributed by atoms with E-state index < -0.39 is 12.6 Å². The molecule has 0 aliphatic heterocycles. The van der Waals surface area contributed by atoms with Crippen molar-refractivity contribution < 1.29 is 17.6 Å². The van der Waals surface area contributed by atoms with Gasteiger partial charge in [-0.1, -0.05) is 0 Å². The lowest BCUT2D eigenvalue weighted by atomic mass is 10.0. The summed E-state index contributed by atoms with van der Waals surface area (Å²) in [6, 6.07) is 1.32. The van der Waals surface area contributed by atoms with E-state index >= 15 is 0 Å².